The fourth-order valence-electron chi connectivity index (χ4n) is 4.67. The van der Waals surface area contributed by atoms with Gasteiger partial charge in [-0.15, -0.1) is 0 Å². The maximum atomic E-state index is 12.5. The summed E-state index contributed by atoms with van der Waals surface area (Å²) in [5, 5.41) is 18.2. The Labute approximate surface area is 172 Å². The third kappa shape index (κ3) is 3.08. The van der Waals surface area contributed by atoms with E-state index in [1.54, 1.807) is 0 Å². The van der Waals surface area contributed by atoms with Crippen LogP contribution >= 0.6 is 0 Å². The molecular formula is C22H23N5O3. The predicted octanol–water partition coefficient (Wildman–Crippen LogP) is 2.11. The van der Waals surface area contributed by atoms with Gasteiger partial charge in [-0.3, -0.25) is 14.3 Å². The number of rotatable bonds is 0. The van der Waals surface area contributed by atoms with Gasteiger partial charge in [0.15, 0.2) is 11.4 Å². The summed E-state index contributed by atoms with van der Waals surface area (Å²) < 4.78 is 3.73. The molecule has 6 rings (SSSR count). The summed E-state index contributed by atoms with van der Waals surface area (Å²) in [4.78, 5) is 29.6. The molecule has 6 bridgehead atoms. The van der Waals surface area contributed by atoms with Crippen LogP contribution in [0.25, 0.3) is 11.0 Å². The summed E-state index contributed by atoms with van der Waals surface area (Å²) in [6.07, 6.45) is 13.8. The molecule has 1 amide bonds. The Kier molecular flexibility index (Phi) is 4.42. The van der Waals surface area contributed by atoms with E-state index in [0.29, 0.717) is 13.0 Å². The highest BCUT2D eigenvalue weighted by Gasteiger charge is 2.37. The lowest BCUT2D eigenvalue weighted by Gasteiger charge is -2.32. The zero-order valence-electron chi connectivity index (χ0n) is 16.5. The molecule has 1 fully saturated rings. The van der Waals surface area contributed by atoms with E-state index in [1.165, 1.54) is 10.9 Å². The van der Waals surface area contributed by atoms with Crippen molar-refractivity contribution in [3.63, 3.8) is 0 Å². The van der Waals surface area contributed by atoms with Crippen molar-refractivity contribution in [1.29, 1.82) is 0 Å². The molecule has 8 nitrogen and oxygen atoms in total. The number of nitrogens with one attached hydrogen (secondary N) is 1. The molecule has 0 radical (unpaired) electrons. The Bertz CT molecular complexity index is 1220. The van der Waals surface area contributed by atoms with Crippen LogP contribution in [-0.2, 0) is 18.5 Å². The van der Waals surface area contributed by atoms with Crippen LogP contribution in [-0.4, -0.2) is 36.9 Å². The first kappa shape index (κ1) is 18.6. The summed E-state index contributed by atoms with van der Waals surface area (Å²) in [6.45, 7) is 0.708. The molecule has 0 saturated heterocycles. The van der Waals surface area contributed by atoms with Gasteiger partial charge in [0, 0.05) is 24.3 Å². The summed E-state index contributed by atoms with van der Waals surface area (Å²) in [5.41, 5.74) is 0.690. The Hall–Kier alpha value is -3.42. The number of amides is 1. The second-order valence-electron chi connectivity index (χ2n) is 8.15. The molecule has 0 aromatic carbocycles. The minimum atomic E-state index is -0.755. The van der Waals surface area contributed by atoms with Crippen LogP contribution in [0, 0.1) is 0 Å². The number of carbonyl (C=O) groups excluding carboxylic acids is 1. The highest BCUT2D eigenvalue weighted by molar-refractivity contribution is 5.92. The predicted molar refractivity (Wildman–Crippen MR) is 112 cm³/mol. The molecular weight excluding hydrogens is 382 g/mol. The Morgan fingerprint density at radius 2 is 2.00 bits per heavy atom. The van der Waals surface area contributed by atoms with E-state index in [0.717, 1.165) is 42.3 Å². The normalized spacial score (nSPS) is 19.5. The Morgan fingerprint density at radius 1 is 1.17 bits per heavy atom. The number of aromatic hydroxyl groups is 1. The minimum Gasteiger partial charge on any atom is -0.503 e. The van der Waals surface area contributed by atoms with E-state index in [-0.39, 0.29) is 17.8 Å². The van der Waals surface area contributed by atoms with Crippen LogP contribution < -0.4 is 10.7 Å². The van der Waals surface area contributed by atoms with Crippen molar-refractivity contribution in [2.45, 2.75) is 44.2 Å². The van der Waals surface area contributed by atoms with Gasteiger partial charge in [-0.05, 0) is 37.0 Å². The maximum absolute atomic E-state index is 12.5. The number of fused-ring (bicyclic) bond motifs is 5. The van der Waals surface area contributed by atoms with E-state index < -0.39 is 17.1 Å². The van der Waals surface area contributed by atoms with Gasteiger partial charge in [-0.2, -0.15) is 5.10 Å². The van der Waals surface area contributed by atoms with Gasteiger partial charge in [-0.1, -0.05) is 25.0 Å². The Balaban J connectivity index is 1.69. The van der Waals surface area contributed by atoms with Gasteiger partial charge in [0.05, 0.1) is 18.3 Å². The monoisotopic (exact) mass is 405 g/mol. The molecule has 154 valence electrons. The lowest BCUT2D eigenvalue weighted by atomic mass is 9.97. The van der Waals surface area contributed by atoms with Crippen molar-refractivity contribution in [3.8, 4) is 5.75 Å². The first-order chi connectivity index (χ1) is 14.6. The molecule has 0 unspecified atom stereocenters. The maximum Gasteiger partial charge on any atom is 0.276 e. The van der Waals surface area contributed by atoms with Gasteiger partial charge in [0.25, 0.3) is 11.3 Å². The molecule has 3 aromatic rings. The molecule has 0 atom stereocenters. The molecule has 5 heterocycles. The third-order valence-corrected chi connectivity index (χ3v) is 6.15. The average molecular weight is 405 g/mol. The summed E-state index contributed by atoms with van der Waals surface area (Å²) in [7, 11) is 0. The SMILES string of the molecule is O=C1NC/C=C\Cc2cnc3c(ccn3C3(CCCC3)Cn3cc(O)c(=O)c1n3)c2. The zero-order valence-corrected chi connectivity index (χ0v) is 16.5. The summed E-state index contributed by atoms with van der Waals surface area (Å²) in [5.74, 6) is -1.06. The van der Waals surface area contributed by atoms with Crippen LogP contribution in [0.5, 0.6) is 5.75 Å². The summed E-state index contributed by atoms with van der Waals surface area (Å²) in [6, 6.07) is 4.23. The molecule has 3 aliphatic rings. The smallest absolute Gasteiger partial charge is 0.276 e. The molecule has 2 N–H and O–H groups in total. The second kappa shape index (κ2) is 7.12. The largest absolute Gasteiger partial charge is 0.503 e. The quantitative estimate of drug-likeness (QED) is 0.558. The van der Waals surface area contributed by atoms with Gasteiger partial charge in [-0.25, -0.2) is 4.98 Å². The molecule has 1 saturated carbocycles. The van der Waals surface area contributed by atoms with Crippen LogP contribution in [0.3, 0.4) is 0 Å². The third-order valence-electron chi connectivity index (χ3n) is 6.15. The molecule has 1 aliphatic carbocycles. The van der Waals surface area contributed by atoms with E-state index in [1.807, 2.05) is 18.3 Å². The van der Waals surface area contributed by atoms with Crippen LogP contribution in [0.1, 0.15) is 41.7 Å². The summed E-state index contributed by atoms with van der Waals surface area (Å²) >= 11 is 0. The molecule has 1 spiro atoms. The number of hydrogen-bond acceptors (Lipinski definition) is 5. The fraction of sp³-hybridized carbons (Fsp3) is 0.364. The lowest BCUT2D eigenvalue weighted by molar-refractivity contribution is 0.0947. The average Bonchev–Trinajstić information content (AvgIpc) is 3.37. The van der Waals surface area contributed by atoms with Crippen LogP contribution in [0.2, 0.25) is 0 Å². The van der Waals surface area contributed by atoms with E-state index >= 15 is 0 Å². The van der Waals surface area contributed by atoms with Crippen molar-refractivity contribution in [1.82, 2.24) is 24.6 Å². The first-order valence-corrected chi connectivity index (χ1v) is 10.3. The topological polar surface area (TPSA) is 102 Å². The van der Waals surface area contributed by atoms with E-state index in [4.69, 9.17) is 4.98 Å². The number of allylic oxidation sites excluding steroid dienone is 1. The number of aromatic nitrogens is 4. The van der Waals surface area contributed by atoms with Gasteiger partial charge >= 0.3 is 0 Å². The van der Waals surface area contributed by atoms with Crippen molar-refractivity contribution in [2.24, 2.45) is 0 Å². The molecule has 30 heavy (non-hydrogen) atoms. The van der Waals surface area contributed by atoms with Crippen LogP contribution in [0.4, 0.5) is 0 Å². The fourth-order valence-corrected chi connectivity index (χ4v) is 4.67. The van der Waals surface area contributed by atoms with Crippen molar-refractivity contribution in [3.05, 3.63) is 64.4 Å². The highest BCUT2D eigenvalue weighted by Crippen LogP contribution is 2.40. The standard InChI is InChI=1S/C22H23N5O3/c28-17-13-26-14-22(7-2-3-8-22)27-10-6-16-11-15(12-24-20(16)27)5-1-4-9-23-21(30)18(25-26)19(17)29/h1,4,6,10-13,28H,2-3,5,7-9,14H2,(H,23,30)/b4-1-. The van der Waals surface area contributed by atoms with Gasteiger partial charge in [0.1, 0.15) is 5.65 Å². The molecule has 2 aliphatic heterocycles. The van der Waals surface area contributed by atoms with Crippen molar-refractivity contribution < 1.29 is 9.90 Å². The minimum absolute atomic E-state index is 0.269. The van der Waals surface area contributed by atoms with Gasteiger partial charge < -0.3 is 15.0 Å². The lowest BCUT2D eigenvalue weighted by Crippen LogP contribution is -2.38. The molecule has 8 heteroatoms. The van der Waals surface area contributed by atoms with E-state index in [2.05, 4.69) is 33.3 Å². The van der Waals surface area contributed by atoms with E-state index in [9.17, 15) is 14.7 Å². The van der Waals surface area contributed by atoms with Crippen molar-refractivity contribution in [2.75, 3.05) is 6.54 Å². The number of hydrogen-bond donors (Lipinski definition) is 2. The highest BCUT2D eigenvalue weighted by atomic mass is 16.3. The number of carbonyl (C=O) groups is 1. The van der Waals surface area contributed by atoms with Crippen LogP contribution in [0.15, 0.2) is 47.7 Å². The Morgan fingerprint density at radius 3 is 2.83 bits per heavy atom. The van der Waals surface area contributed by atoms with Crippen molar-refractivity contribution >= 4 is 16.9 Å². The molecule has 3 aromatic heterocycles. The number of pyridine rings is 1. The zero-order chi connectivity index (χ0) is 20.7. The number of nitrogens with zero attached hydrogens (tertiary/aromatic N) is 4. The first-order valence-electron chi connectivity index (χ1n) is 10.3. The second-order valence-corrected chi connectivity index (χ2v) is 8.15. The van der Waals surface area contributed by atoms with Gasteiger partial charge in [0.2, 0.25) is 0 Å².